The maximum absolute atomic E-state index is 12.0. The molecule has 18 heavy (non-hydrogen) atoms. The molecule has 3 nitrogen and oxygen atoms in total. The number of carbonyl (C=O) groups is 1. The Kier molecular flexibility index (Phi) is 4.30. The van der Waals surface area contributed by atoms with E-state index in [-0.39, 0.29) is 11.6 Å². The van der Waals surface area contributed by atoms with E-state index in [4.69, 9.17) is 9.47 Å². The highest BCUT2D eigenvalue weighted by molar-refractivity contribution is 7.99. The molecule has 1 aromatic carbocycles. The standard InChI is InChI=1S/C14H18O3S/c1-14(7-8-18-10-14)17-13(15)12-5-3-11(4-6-12)9-16-2/h3-6H,7-10H2,1-2H3/t14-/m0/s1. The average molecular weight is 266 g/mol. The molecular weight excluding hydrogens is 248 g/mol. The lowest BCUT2D eigenvalue weighted by Gasteiger charge is -2.23. The van der Waals surface area contributed by atoms with Gasteiger partial charge in [0.25, 0.3) is 0 Å². The Morgan fingerprint density at radius 1 is 1.39 bits per heavy atom. The molecule has 0 spiro atoms. The normalized spacial score (nSPS) is 23.0. The van der Waals surface area contributed by atoms with Crippen molar-refractivity contribution in [3.63, 3.8) is 0 Å². The van der Waals surface area contributed by atoms with Crippen LogP contribution in [-0.4, -0.2) is 30.2 Å². The van der Waals surface area contributed by atoms with E-state index in [2.05, 4.69) is 0 Å². The Bertz CT molecular complexity index is 408. The van der Waals surface area contributed by atoms with Gasteiger partial charge in [-0.05, 0) is 36.8 Å². The number of hydrogen-bond donors (Lipinski definition) is 0. The van der Waals surface area contributed by atoms with Crippen LogP contribution >= 0.6 is 11.8 Å². The second-order valence-corrected chi connectivity index (χ2v) is 5.88. The summed E-state index contributed by atoms with van der Waals surface area (Å²) < 4.78 is 10.6. The lowest BCUT2D eigenvalue weighted by atomic mass is 10.1. The van der Waals surface area contributed by atoms with Gasteiger partial charge < -0.3 is 9.47 Å². The minimum Gasteiger partial charge on any atom is -0.455 e. The quantitative estimate of drug-likeness (QED) is 0.785. The highest BCUT2D eigenvalue weighted by Crippen LogP contribution is 2.31. The van der Waals surface area contributed by atoms with Gasteiger partial charge in [-0.3, -0.25) is 0 Å². The van der Waals surface area contributed by atoms with E-state index >= 15 is 0 Å². The summed E-state index contributed by atoms with van der Waals surface area (Å²) in [5.74, 6) is 1.72. The van der Waals surface area contributed by atoms with Gasteiger partial charge in [0.1, 0.15) is 5.60 Å². The first-order valence-corrected chi connectivity index (χ1v) is 7.17. The van der Waals surface area contributed by atoms with E-state index in [1.54, 1.807) is 19.2 Å². The van der Waals surface area contributed by atoms with Crippen LogP contribution in [0.5, 0.6) is 0 Å². The summed E-state index contributed by atoms with van der Waals surface area (Å²) in [6.45, 7) is 2.56. The number of benzene rings is 1. The van der Waals surface area contributed by atoms with E-state index < -0.39 is 0 Å². The summed E-state index contributed by atoms with van der Waals surface area (Å²) in [5, 5.41) is 0. The first-order chi connectivity index (χ1) is 8.63. The lowest BCUT2D eigenvalue weighted by Crippen LogP contribution is -2.31. The van der Waals surface area contributed by atoms with Crippen molar-refractivity contribution in [2.24, 2.45) is 0 Å². The Balaban J connectivity index is 2.00. The summed E-state index contributed by atoms with van der Waals surface area (Å²) in [6.07, 6.45) is 0.936. The molecule has 1 atom stereocenters. The first kappa shape index (κ1) is 13.4. The molecule has 2 rings (SSSR count). The molecule has 0 N–H and O–H groups in total. The van der Waals surface area contributed by atoms with Crippen molar-refractivity contribution < 1.29 is 14.3 Å². The second-order valence-electron chi connectivity index (χ2n) is 4.77. The van der Waals surface area contributed by atoms with Gasteiger partial charge in [-0.1, -0.05) is 12.1 Å². The maximum atomic E-state index is 12.0. The first-order valence-electron chi connectivity index (χ1n) is 6.02. The van der Waals surface area contributed by atoms with Crippen LogP contribution in [0.2, 0.25) is 0 Å². The summed E-state index contributed by atoms with van der Waals surface area (Å²) in [5.41, 5.74) is 1.36. The van der Waals surface area contributed by atoms with E-state index in [1.807, 2.05) is 30.8 Å². The SMILES string of the molecule is COCc1ccc(C(=O)O[C@@]2(C)CCSC2)cc1. The number of carbonyl (C=O) groups excluding carboxylic acids is 1. The fourth-order valence-corrected chi connectivity index (χ4v) is 3.27. The van der Waals surface area contributed by atoms with Gasteiger partial charge in [-0.2, -0.15) is 11.8 Å². The molecule has 1 heterocycles. The van der Waals surface area contributed by atoms with E-state index in [0.717, 1.165) is 23.5 Å². The Hall–Kier alpha value is -1.00. The van der Waals surface area contributed by atoms with Gasteiger partial charge >= 0.3 is 5.97 Å². The lowest BCUT2D eigenvalue weighted by molar-refractivity contribution is 0.00246. The molecule has 1 saturated heterocycles. The van der Waals surface area contributed by atoms with Crippen LogP contribution in [0, 0.1) is 0 Å². The zero-order chi connectivity index (χ0) is 13.0. The molecule has 1 aliphatic heterocycles. The third kappa shape index (κ3) is 3.27. The van der Waals surface area contributed by atoms with Crippen LogP contribution < -0.4 is 0 Å². The van der Waals surface area contributed by atoms with Crippen molar-refractivity contribution >= 4 is 17.7 Å². The number of hydrogen-bond acceptors (Lipinski definition) is 4. The molecule has 0 bridgehead atoms. The Morgan fingerprint density at radius 2 is 2.11 bits per heavy atom. The molecule has 98 valence electrons. The maximum Gasteiger partial charge on any atom is 0.338 e. The third-order valence-electron chi connectivity index (χ3n) is 3.02. The third-order valence-corrected chi connectivity index (χ3v) is 4.33. The van der Waals surface area contributed by atoms with Gasteiger partial charge in [0.05, 0.1) is 12.2 Å². The summed E-state index contributed by atoms with van der Waals surface area (Å²) in [6, 6.07) is 7.38. The summed E-state index contributed by atoms with van der Waals surface area (Å²) in [7, 11) is 1.65. The molecule has 0 saturated carbocycles. The van der Waals surface area contributed by atoms with Crippen molar-refractivity contribution in [2.75, 3.05) is 18.6 Å². The summed E-state index contributed by atoms with van der Waals surface area (Å²) in [4.78, 5) is 12.0. The number of esters is 1. The summed E-state index contributed by atoms with van der Waals surface area (Å²) >= 11 is 1.83. The van der Waals surface area contributed by atoms with Gasteiger partial charge in [0.15, 0.2) is 0 Å². The number of thioether (sulfide) groups is 1. The smallest absolute Gasteiger partial charge is 0.338 e. The zero-order valence-corrected chi connectivity index (χ0v) is 11.6. The topological polar surface area (TPSA) is 35.5 Å². The number of methoxy groups -OCH3 is 1. The van der Waals surface area contributed by atoms with Crippen molar-refractivity contribution in [3.05, 3.63) is 35.4 Å². The van der Waals surface area contributed by atoms with Crippen LogP contribution in [0.3, 0.4) is 0 Å². The Labute approximate surface area is 112 Å². The highest BCUT2D eigenvalue weighted by Gasteiger charge is 2.33. The van der Waals surface area contributed by atoms with Crippen molar-refractivity contribution in [2.45, 2.75) is 25.6 Å². The second kappa shape index (κ2) is 5.76. The van der Waals surface area contributed by atoms with Crippen LogP contribution in [0.1, 0.15) is 29.3 Å². The van der Waals surface area contributed by atoms with Crippen LogP contribution in [-0.2, 0) is 16.1 Å². The van der Waals surface area contributed by atoms with E-state index in [9.17, 15) is 4.79 Å². The monoisotopic (exact) mass is 266 g/mol. The van der Waals surface area contributed by atoms with Gasteiger partial charge in [-0.15, -0.1) is 0 Å². The zero-order valence-electron chi connectivity index (χ0n) is 10.8. The largest absolute Gasteiger partial charge is 0.455 e. The van der Waals surface area contributed by atoms with Gasteiger partial charge in [0, 0.05) is 12.9 Å². The van der Waals surface area contributed by atoms with Crippen LogP contribution in [0.25, 0.3) is 0 Å². The van der Waals surface area contributed by atoms with Crippen molar-refractivity contribution in [1.29, 1.82) is 0 Å². The molecule has 0 amide bonds. The van der Waals surface area contributed by atoms with E-state index in [0.29, 0.717) is 12.2 Å². The van der Waals surface area contributed by atoms with E-state index in [1.165, 1.54) is 0 Å². The predicted molar refractivity (Wildman–Crippen MR) is 72.9 cm³/mol. The Morgan fingerprint density at radius 3 is 2.67 bits per heavy atom. The highest BCUT2D eigenvalue weighted by atomic mass is 32.2. The van der Waals surface area contributed by atoms with Crippen molar-refractivity contribution in [3.8, 4) is 0 Å². The van der Waals surface area contributed by atoms with Crippen molar-refractivity contribution in [1.82, 2.24) is 0 Å². The van der Waals surface area contributed by atoms with Crippen LogP contribution in [0.4, 0.5) is 0 Å². The molecule has 1 fully saturated rings. The minimum absolute atomic E-state index is 0.232. The molecule has 1 aliphatic rings. The number of rotatable bonds is 4. The average Bonchev–Trinajstić information content (AvgIpc) is 2.77. The number of ether oxygens (including phenoxy) is 2. The molecule has 4 heteroatoms. The van der Waals surface area contributed by atoms with Gasteiger partial charge in [0.2, 0.25) is 0 Å². The van der Waals surface area contributed by atoms with Crippen LogP contribution in [0.15, 0.2) is 24.3 Å². The molecule has 0 unspecified atom stereocenters. The minimum atomic E-state index is -0.299. The molecule has 0 radical (unpaired) electrons. The van der Waals surface area contributed by atoms with Gasteiger partial charge in [-0.25, -0.2) is 4.79 Å². The molecular formula is C14H18O3S. The molecule has 0 aliphatic carbocycles. The molecule has 1 aromatic rings. The fraction of sp³-hybridized carbons (Fsp3) is 0.500. The fourth-order valence-electron chi connectivity index (χ4n) is 1.92. The molecule has 0 aromatic heterocycles. The predicted octanol–water partition coefficient (Wildman–Crippen LogP) is 2.89.